The highest BCUT2D eigenvalue weighted by Gasteiger charge is 2.37. The molecule has 1 aliphatic rings. The molecule has 0 fully saturated rings. The van der Waals surface area contributed by atoms with E-state index in [2.05, 4.69) is 15.3 Å². The third-order valence-electron chi connectivity index (χ3n) is 3.66. The predicted octanol–water partition coefficient (Wildman–Crippen LogP) is 2.72. The molecule has 0 saturated heterocycles. The summed E-state index contributed by atoms with van der Waals surface area (Å²) in [7, 11) is -1.95. The number of hydrogen-bond acceptors (Lipinski definition) is 6. The first-order chi connectivity index (χ1) is 12.6. The van der Waals surface area contributed by atoms with Crippen molar-refractivity contribution in [1.82, 2.24) is 9.97 Å². The van der Waals surface area contributed by atoms with Crippen LogP contribution in [0, 0.1) is 5.82 Å². The average Bonchev–Trinajstić information content (AvgIpc) is 2.59. The molecule has 0 saturated carbocycles. The number of carbonyl (C=O) groups is 2. The van der Waals surface area contributed by atoms with Crippen molar-refractivity contribution in [2.45, 2.75) is 6.18 Å². The summed E-state index contributed by atoms with van der Waals surface area (Å²) in [6, 6.07) is 1.98. The van der Waals surface area contributed by atoms with Gasteiger partial charge in [0.25, 0.3) is 0 Å². The summed E-state index contributed by atoms with van der Waals surface area (Å²) >= 11 is 0. The van der Waals surface area contributed by atoms with Crippen LogP contribution in [0.4, 0.5) is 23.2 Å². The topological polar surface area (TPSA) is 89.0 Å². The number of anilines is 1. The molecule has 27 heavy (non-hydrogen) atoms. The van der Waals surface area contributed by atoms with Gasteiger partial charge >= 0.3 is 6.18 Å². The summed E-state index contributed by atoms with van der Waals surface area (Å²) in [6.45, 7) is 0. The second kappa shape index (κ2) is 6.65. The van der Waals surface area contributed by atoms with Gasteiger partial charge in [-0.25, -0.2) is 14.4 Å². The zero-order chi connectivity index (χ0) is 19.9. The Morgan fingerprint density at radius 3 is 2.48 bits per heavy atom. The molecule has 0 bridgehead atoms. The van der Waals surface area contributed by atoms with Crippen LogP contribution in [0.5, 0.6) is 0 Å². The fourth-order valence-corrected chi connectivity index (χ4v) is 3.28. The van der Waals surface area contributed by atoms with Crippen molar-refractivity contribution >= 4 is 28.1 Å². The molecular weight excluding hydrogens is 390 g/mol. The first-order valence-corrected chi connectivity index (χ1v) is 8.78. The van der Waals surface area contributed by atoms with E-state index in [0.29, 0.717) is 12.1 Å². The maximum absolute atomic E-state index is 13.4. The number of alkyl halides is 3. The summed E-state index contributed by atoms with van der Waals surface area (Å²) in [4.78, 5) is 32.1. The highest BCUT2D eigenvalue weighted by Crippen LogP contribution is 2.34. The van der Waals surface area contributed by atoms with Gasteiger partial charge in [-0.15, -0.1) is 0 Å². The van der Waals surface area contributed by atoms with Crippen LogP contribution in [0.1, 0.15) is 26.4 Å². The quantitative estimate of drug-likeness (QED) is 0.799. The van der Waals surface area contributed by atoms with E-state index in [1.165, 1.54) is 0 Å². The number of nitrogens with zero attached hydrogens (tertiary/aromatic N) is 2. The molecule has 0 aliphatic heterocycles. The molecule has 1 heterocycles. The number of hydrogen-bond donors (Lipinski definition) is 1. The fraction of sp³-hybridized carbons (Fsp3) is 0.125. The zero-order valence-corrected chi connectivity index (χ0v) is 14.2. The highest BCUT2D eigenvalue weighted by atomic mass is 32.2. The molecule has 1 N–H and O–H groups in total. The number of nitrogens with one attached hydrogen (secondary N) is 1. The van der Waals surface area contributed by atoms with Gasteiger partial charge in [0.15, 0.2) is 0 Å². The van der Waals surface area contributed by atoms with Crippen molar-refractivity contribution in [1.29, 1.82) is 0 Å². The van der Waals surface area contributed by atoms with E-state index in [1.54, 1.807) is 0 Å². The van der Waals surface area contributed by atoms with Crippen LogP contribution < -0.4 is 5.32 Å². The van der Waals surface area contributed by atoms with Gasteiger partial charge < -0.3 is 5.32 Å². The Balaban J connectivity index is 2.12. The molecule has 2 aromatic rings. The lowest BCUT2D eigenvalue weighted by atomic mass is 9.98. The van der Waals surface area contributed by atoms with Gasteiger partial charge in [-0.3, -0.25) is 13.8 Å². The molecule has 0 spiro atoms. The van der Waals surface area contributed by atoms with Crippen LogP contribution in [0.3, 0.4) is 0 Å². The first kappa shape index (κ1) is 18.8. The molecule has 11 heteroatoms. The molecule has 1 unspecified atom stereocenters. The van der Waals surface area contributed by atoms with E-state index in [-0.39, 0.29) is 16.9 Å². The third-order valence-corrected chi connectivity index (χ3v) is 4.63. The molecule has 1 atom stereocenters. The zero-order valence-electron chi connectivity index (χ0n) is 13.4. The maximum Gasteiger partial charge on any atom is 0.419 e. The third kappa shape index (κ3) is 3.37. The lowest BCUT2D eigenvalue weighted by Gasteiger charge is -2.20. The van der Waals surface area contributed by atoms with Gasteiger partial charge in [-0.2, -0.15) is 13.2 Å². The molecule has 0 amide bonds. The Kier molecular flexibility index (Phi) is 4.64. The highest BCUT2D eigenvalue weighted by molar-refractivity contribution is 7.89. The fourth-order valence-electron chi connectivity index (χ4n) is 2.49. The van der Waals surface area contributed by atoms with E-state index in [1.807, 2.05) is 0 Å². The van der Waals surface area contributed by atoms with E-state index in [9.17, 15) is 31.4 Å². The Labute approximate surface area is 151 Å². The van der Waals surface area contributed by atoms with E-state index in [0.717, 1.165) is 24.8 Å². The summed E-state index contributed by atoms with van der Waals surface area (Å²) in [6.07, 6.45) is -1.71. The van der Waals surface area contributed by atoms with Crippen molar-refractivity contribution in [2.24, 2.45) is 0 Å². The number of benzene rings is 1. The van der Waals surface area contributed by atoms with E-state index >= 15 is 0 Å². The molecule has 140 valence electrons. The summed E-state index contributed by atoms with van der Waals surface area (Å²) in [5, 5.41) is 2.37. The van der Waals surface area contributed by atoms with Crippen LogP contribution >= 0.6 is 0 Å². The van der Waals surface area contributed by atoms with Crippen molar-refractivity contribution in [3.8, 4) is 0 Å². The van der Waals surface area contributed by atoms with Crippen molar-refractivity contribution < 1.29 is 31.4 Å². The molecule has 1 aromatic heterocycles. The van der Waals surface area contributed by atoms with Crippen molar-refractivity contribution in [2.75, 3.05) is 11.6 Å². The molecule has 1 aliphatic carbocycles. The monoisotopic (exact) mass is 399 g/mol. The predicted molar refractivity (Wildman–Crippen MR) is 86.8 cm³/mol. The van der Waals surface area contributed by atoms with Gasteiger partial charge in [-0.1, -0.05) is 0 Å². The summed E-state index contributed by atoms with van der Waals surface area (Å²) in [5.41, 5.74) is -2.75. The first-order valence-electron chi connectivity index (χ1n) is 7.22. The SMILES string of the molecule is CS(=O)C1=C(Nc2ccc(F)c(C(F)(F)F)c2)C(=O)c2cncnc2C1=O. The number of aromatic nitrogens is 2. The van der Waals surface area contributed by atoms with Gasteiger partial charge in [0.05, 0.1) is 21.9 Å². The number of carbonyl (C=O) groups excluding carboxylic acids is 2. The van der Waals surface area contributed by atoms with Gasteiger partial charge in [-0.05, 0) is 18.2 Å². The number of allylic oxidation sites excluding steroid dienone is 2. The molecule has 6 nitrogen and oxygen atoms in total. The van der Waals surface area contributed by atoms with Crippen LogP contribution in [-0.4, -0.2) is 32.0 Å². The number of fused-ring (bicyclic) bond motifs is 1. The number of halogens is 4. The Bertz CT molecular complexity index is 1030. The van der Waals surface area contributed by atoms with Crippen LogP contribution in [0.25, 0.3) is 0 Å². The Morgan fingerprint density at radius 1 is 1.15 bits per heavy atom. The summed E-state index contributed by atoms with van der Waals surface area (Å²) in [5.74, 6) is -3.12. The number of rotatable bonds is 3. The minimum Gasteiger partial charge on any atom is -0.351 e. The van der Waals surface area contributed by atoms with Crippen molar-refractivity contribution in [3.05, 3.63) is 64.0 Å². The van der Waals surface area contributed by atoms with E-state index in [4.69, 9.17) is 0 Å². The van der Waals surface area contributed by atoms with Gasteiger partial charge in [0.2, 0.25) is 11.6 Å². The largest absolute Gasteiger partial charge is 0.419 e. The van der Waals surface area contributed by atoms with Gasteiger partial charge in [0, 0.05) is 18.1 Å². The van der Waals surface area contributed by atoms with Gasteiger partial charge in [0.1, 0.15) is 28.4 Å². The molecule has 3 rings (SSSR count). The molecule has 0 radical (unpaired) electrons. The minimum atomic E-state index is -4.96. The second-order valence-electron chi connectivity index (χ2n) is 5.42. The van der Waals surface area contributed by atoms with E-state index < -0.39 is 50.5 Å². The second-order valence-corrected chi connectivity index (χ2v) is 6.74. The Morgan fingerprint density at radius 2 is 1.85 bits per heavy atom. The maximum atomic E-state index is 13.4. The lowest BCUT2D eigenvalue weighted by Crippen LogP contribution is -2.29. The van der Waals surface area contributed by atoms with Crippen LogP contribution in [-0.2, 0) is 17.0 Å². The average molecular weight is 399 g/mol. The minimum absolute atomic E-state index is 0.183. The van der Waals surface area contributed by atoms with Crippen LogP contribution in [0.2, 0.25) is 0 Å². The Hall–Kier alpha value is -2.95. The molecule has 1 aromatic carbocycles. The smallest absolute Gasteiger partial charge is 0.351 e. The summed E-state index contributed by atoms with van der Waals surface area (Å²) < 4.78 is 64.1. The number of Topliss-reactive ketones (excluding diaryl/α,β-unsaturated/α-hetero) is 2. The van der Waals surface area contributed by atoms with Crippen LogP contribution in [0.15, 0.2) is 41.3 Å². The lowest BCUT2D eigenvalue weighted by molar-refractivity contribution is -0.139. The van der Waals surface area contributed by atoms with Crippen molar-refractivity contribution in [3.63, 3.8) is 0 Å². The normalized spacial score (nSPS) is 15.6. The standard InChI is InChI=1S/C16H9F4N3O3S/c1-27(26)15-12(13(24)8-5-21-6-22-11(8)14(15)25)23-7-2-3-10(17)9(4-7)16(18,19)20/h2-6,23H,1H3. The molecular formula is C16H9F4N3O3S. The number of ketones is 2.